The van der Waals surface area contributed by atoms with Gasteiger partial charge in [-0.1, -0.05) is 58.7 Å². The normalized spacial score (nSPS) is 18.4. The minimum atomic E-state index is 0.511. The van der Waals surface area contributed by atoms with Gasteiger partial charge in [-0.05, 0) is 24.5 Å². The van der Waals surface area contributed by atoms with Gasteiger partial charge in [0, 0.05) is 17.6 Å². The van der Waals surface area contributed by atoms with E-state index in [1.807, 2.05) is 27.7 Å². The number of hydrogen-bond donors (Lipinski definition) is 1. The largest absolute Gasteiger partial charge is 0.384 e. The van der Waals surface area contributed by atoms with Crippen molar-refractivity contribution in [3.05, 3.63) is 29.8 Å². The minimum Gasteiger partial charge on any atom is -0.384 e. The molecule has 1 heteroatoms. The van der Waals surface area contributed by atoms with Crippen LogP contribution in [0.2, 0.25) is 0 Å². The molecule has 0 aromatic heterocycles. The lowest BCUT2D eigenvalue weighted by Crippen LogP contribution is -2.23. The summed E-state index contributed by atoms with van der Waals surface area (Å²) in [5.41, 5.74) is 3.47. The van der Waals surface area contributed by atoms with Gasteiger partial charge in [-0.25, -0.2) is 0 Å². The third kappa shape index (κ3) is 2.65. The van der Waals surface area contributed by atoms with Crippen LogP contribution in [-0.4, -0.2) is 6.54 Å². The fourth-order valence-corrected chi connectivity index (χ4v) is 2.96. The van der Waals surface area contributed by atoms with Crippen LogP contribution in [0.25, 0.3) is 0 Å². The van der Waals surface area contributed by atoms with Crippen LogP contribution in [-0.2, 0) is 5.41 Å². The third-order valence-corrected chi connectivity index (χ3v) is 3.68. The zero-order valence-corrected chi connectivity index (χ0v) is 11.8. The molecule has 1 spiro atoms. The Morgan fingerprint density at radius 2 is 1.53 bits per heavy atom. The van der Waals surface area contributed by atoms with Gasteiger partial charge in [-0.3, -0.25) is 0 Å². The highest BCUT2D eigenvalue weighted by atomic mass is 14.9. The van der Waals surface area contributed by atoms with Crippen LogP contribution in [0.4, 0.5) is 5.69 Å². The van der Waals surface area contributed by atoms with Crippen LogP contribution >= 0.6 is 0 Å². The molecule has 0 radical (unpaired) electrons. The van der Waals surface area contributed by atoms with E-state index in [0.717, 1.165) is 0 Å². The van der Waals surface area contributed by atoms with Crippen molar-refractivity contribution >= 4 is 5.69 Å². The maximum atomic E-state index is 3.53. The number of hydrogen-bond acceptors (Lipinski definition) is 1. The molecule has 1 aliphatic carbocycles. The molecule has 1 heterocycles. The summed E-state index contributed by atoms with van der Waals surface area (Å²) in [6.45, 7) is 9.17. The van der Waals surface area contributed by atoms with E-state index in [1.165, 1.54) is 37.9 Å². The van der Waals surface area contributed by atoms with Crippen molar-refractivity contribution in [1.29, 1.82) is 0 Å². The Morgan fingerprint density at radius 1 is 0.941 bits per heavy atom. The Labute approximate surface area is 107 Å². The van der Waals surface area contributed by atoms with Crippen molar-refractivity contribution in [3.63, 3.8) is 0 Å². The lowest BCUT2D eigenvalue weighted by atomic mass is 9.81. The number of nitrogens with one attached hydrogen (secondary N) is 1. The first-order valence-electron chi connectivity index (χ1n) is 7.24. The molecule has 1 aliphatic heterocycles. The molecule has 0 amide bonds. The maximum Gasteiger partial charge on any atom is 0.0379 e. The molecular formula is C16H27N. The molecule has 1 aromatic carbocycles. The summed E-state index contributed by atoms with van der Waals surface area (Å²) < 4.78 is 0. The Kier molecular flexibility index (Phi) is 5.54. The maximum absolute atomic E-state index is 3.53. The molecule has 0 saturated heterocycles. The zero-order chi connectivity index (χ0) is 12.7. The predicted molar refractivity (Wildman–Crippen MR) is 77.8 cm³/mol. The first-order chi connectivity index (χ1) is 8.41. The van der Waals surface area contributed by atoms with E-state index in [9.17, 15) is 0 Å². The van der Waals surface area contributed by atoms with E-state index in [0.29, 0.717) is 5.41 Å². The second-order valence-corrected chi connectivity index (χ2v) is 4.39. The van der Waals surface area contributed by atoms with Gasteiger partial charge in [0.25, 0.3) is 0 Å². The number of fused-ring (bicyclic) bond motifs is 2. The van der Waals surface area contributed by atoms with Crippen molar-refractivity contribution in [1.82, 2.24) is 0 Å². The molecule has 0 unspecified atom stereocenters. The van der Waals surface area contributed by atoms with Gasteiger partial charge in [0.05, 0.1) is 0 Å². The second-order valence-electron chi connectivity index (χ2n) is 4.39. The Bertz CT molecular complexity index is 324. The van der Waals surface area contributed by atoms with Gasteiger partial charge in [0.1, 0.15) is 0 Å². The van der Waals surface area contributed by atoms with Gasteiger partial charge >= 0.3 is 0 Å². The second kappa shape index (κ2) is 6.68. The number of anilines is 1. The van der Waals surface area contributed by atoms with E-state index in [1.54, 1.807) is 5.56 Å². The molecule has 1 fully saturated rings. The monoisotopic (exact) mass is 233 g/mol. The average Bonchev–Trinajstić information content (AvgIpc) is 3.05. The Hall–Kier alpha value is -0.980. The quantitative estimate of drug-likeness (QED) is 0.666. The van der Waals surface area contributed by atoms with Crippen LogP contribution in [0.1, 0.15) is 58.9 Å². The van der Waals surface area contributed by atoms with Crippen LogP contribution in [0.15, 0.2) is 24.3 Å². The predicted octanol–water partition coefficient (Wildman–Crippen LogP) is 4.98. The molecule has 0 bridgehead atoms. The van der Waals surface area contributed by atoms with Crippen LogP contribution < -0.4 is 5.32 Å². The van der Waals surface area contributed by atoms with Crippen molar-refractivity contribution in [2.45, 2.75) is 58.8 Å². The smallest absolute Gasteiger partial charge is 0.0379 e. The zero-order valence-electron chi connectivity index (χ0n) is 11.8. The molecule has 96 valence electrons. The summed E-state index contributed by atoms with van der Waals surface area (Å²) in [5.74, 6) is 0. The highest BCUT2D eigenvalue weighted by molar-refractivity contribution is 5.60. The number of rotatable bonds is 0. The van der Waals surface area contributed by atoms with Crippen LogP contribution in [0.3, 0.4) is 0 Å². The standard InChI is InChI=1S/C12H15N.2C2H6/c1-2-6-11-10(5-1)12(9-13-11)7-3-4-8-12;2*1-2/h1-2,5-6,13H,3-4,7-9H2;2*1-2H3. The summed E-state index contributed by atoms with van der Waals surface area (Å²) in [6, 6.07) is 8.81. The van der Waals surface area contributed by atoms with E-state index < -0.39 is 0 Å². The first-order valence-corrected chi connectivity index (χ1v) is 7.24. The lowest BCUT2D eigenvalue weighted by molar-refractivity contribution is 0.489. The van der Waals surface area contributed by atoms with Gasteiger partial charge < -0.3 is 5.32 Å². The summed E-state index contributed by atoms with van der Waals surface area (Å²) in [7, 11) is 0. The topological polar surface area (TPSA) is 12.0 Å². The summed E-state index contributed by atoms with van der Waals surface area (Å²) in [5, 5.41) is 3.53. The lowest BCUT2D eigenvalue weighted by Gasteiger charge is -2.22. The molecule has 1 N–H and O–H groups in total. The van der Waals surface area contributed by atoms with E-state index >= 15 is 0 Å². The van der Waals surface area contributed by atoms with E-state index in [4.69, 9.17) is 0 Å². The SMILES string of the molecule is CC.CC.c1ccc2c(c1)NCC21CCCC1. The van der Waals surface area contributed by atoms with Crippen LogP contribution in [0, 0.1) is 0 Å². The molecule has 1 nitrogen and oxygen atoms in total. The van der Waals surface area contributed by atoms with Gasteiger partial charge in [-0.2, -0.15) is 0 Å². The fraction of sp³-hybridized carbons (Fsp3) is 0.625. The van der Waals surface area contributed by atoms with Gasteiger partial charge in [-0.15, -0.1) is 0 Å². The number of benzene rings is 1. The summed E-state index contributed by atoms with van der Waals surface area (Å²) in [4.78, 5) is 0. The highest BCUT2D eigenvalue weighted by Gasteiger charge is 2.40. The first kappa shape index (κ1) is 14.1. The van der Waals surface area contributed by atoms with Crippen molar-refractivity contribution in [2.75, 3.05) is 11.9 Å². The molecule has 1 saturated carbocycles. The molecule has 0 atom stereocenters. The molecule has 3 rings (SSSR count). The highest BCUT2D eigenvalue weighted by Crippen LogP contribution is 2.47. The molecule has 2 aliphatic rings. The van der Waals surface area contributed by atoms with E-state index in [-0.39, 0.29) is 0 Å². The third-order valence-electron chi connectivity index (χ3n) is 3.68. The van der Waals surface area contributed by atoms with Crippen molar-refractivity contribution in [2.24, 2.45) is 0 Å². The van der Waals surface area contributed by atoms with Crippen molar-refractivity contribution in [3.8, 4) is 0 Å². The average molecular weight is 233 g/mol. The molecular weight excluding hydrogens is 206 g/mol. The number of para-hydroxylation sites is 1. The van der Waals surface area contributed by atoms with E-state index in [2.05, 4.69) is 29.6 Å². The van der Waals surface area contributed by atoms with Crippen molar-refractivity contribution < 1.29 is 0 Å². The Balaban J connectivity index is 0.000000330. The van der Waals surface area contributed by atoms with Gasteiger partial charge in [0.2, 0.25) is 0 Å². The molecule has 17 heavy (non-hydrogen) atoms. The van der Waals surface area contributed by atoms with Crippen LogP contribution in [0.5, 0.6) is 0 Å². The van der Waals surface area contributed by atoms with Gasteiger partial charge in [0.15, 0.2) is 0 Å². The fourth-order valence-electron chi connectivity index (χ4n) is 2.96. The minimum absolute atomic E-state index is 0.511. The molecule has 1 aromatic rings. The Morgan fingerprint density at radius 3 is 2.18 bits per heavy atom. The summed E-state index contributed by atoms with van der Waals surface area (Å²) in [6.07, 6.45) is 5.60. The summed E-state index contributed by atoms with van der Waals surface area (Å²) >= 11 is 0.